The maximum Gasteiger partial charge on any atom is 0.263 e. The highest BCUT2D eigenvalue weighted by atomic mass is 32.1. The number of rotatable bonds is 6. The molecule has 1 amide bonds. The van der Waals surface area contributed by atoms with E-state index in [-0.39, 0.29) is 41.1 Å². The molecule has 0 spiro atoms. The van der Waals surface area contributed by atoms with E-state index in [0.29, 0.717) is 11.1 Å². The molecule has 0 aliphatic heterocycles. The number of fused-ring (bicyclic) bond motifs is 1. The summed E-state index contributed by atoms with van der Waals surface area (Å²) >= 11 is 1.14. The van der Waals surface area contributed by atoms with Gasteiger partial charge in [0.2, 0.25) is 0 Å². The molecule has 5 nitrogen and oxygen atoms in total. The summed E-state index contributed by atoms with van der Waals surface area (Å²) in [5.74, 6) is -0.826. The second-order valence-corrected chi connectivity index (χ2v) is 5.65. The zero-order valence-electron chi connectivity index (χ0n) is 11.6. The average molecular weight is 312 g/mol. The summed E-state index contributed by atoms with van der Waals surface area (Å²) in [5.41, 5.74) is 6.04. The van der Waals surface area contributed by atoms with Crippen LogP contribution in [-0.4, -0.2) is 37.4 Å². The molecule has 0 bridgehead atoms. The number of amides is 1. The second-order valence-electron chi connectivity index (χ2n) is 4.60. The number of aliphatic hydroxyl groups excluding tert-OH is 1. The van der Waals surface area contributed by atoms with Crippen LogP contribution in [0.2, 0.25) is 0 Å². The monoisotopic (exact) mass is 312 g/mol. The van der Waals surface area contributed by atoms with Crippen LogP contribution in [0.1, 0.15) is 16.1 Å². The fraction of sp³-hybridized carbons (Fsp3) is 0.357. The van der Waals surface area contributed by atoms with Crippen LogP contribution in [-0.2, 0) is 4.74 Å². The van der Waals surface area contributed by atoms with Crippen LogP contribution >= 0.6 is 11.3 Å². The molecule has 0 saturated carbocycles. The molecule has 2 aromatic rings. The molecule has 114 valence electrons. The first-order valence-electron chi connectivity index (χ1n) is 6.45. The van der Waals surface area contributed by atoms with E-state index in [1.807, 2.05) is 0 Å². The Morgan fingerprint density at radius 3 is 2.95 bits per heavy atom. The lowest BCUT2D eigenvalue weighted by Crippen LogP contribution is -2.38. The number of ether oxygens (including phenoxy) is 1. The molecule has 1 aromatic heterocycles. The van der Waals surface area contributed by atoms with Gasteiger partial charge < -0.3 is 20.9 Å². The van der Waals surface area contributed by atoms with Crippen molar-refractivity contribution in [2.45, 2.75) is 12.5 Å². The maximum absolute atomic E-state index is 13.8. The number of halogens is 1. The van der Waals surface area contributed by atoms with Gasteiger partial charge in [-0.25, -0.2) is 4.39 Å². The largest absolute Gasteiger partial charge is 0.397 e. The Hall–Kier alpha value is -1.70. The number of methoxy groups -OCH3 is 1. The van der Waals surface area contributed by atoms with Gasteiger partial charge in [0.25, 0.3) is 5.91 Å². The minimum absolute atomic E-state index is 0.0646. The van der Waals surface area contributed by atoms with Crippen molar-refractivity contribution in [3.05, 3.63) is 28.9 Å². The van der Waals surface area contributed by atoms with E-state index in [1.54, 1.807) is 12.1 Å². The smallest absolute Gasteiger partial charge is 0.263 e. The van der Waals surface area contributed by atoms with Gasteiger partial charge in [-0.15, -0.1) is 11.3 Å². The van der Waals surface area contributed by atoms with E-state index in [1.165, 1.54) is 13.2 Å². The van der Waals surface area contributed by atoms with Gasteiger partial charge in [0.05, 0.1) is 23.7 Å². The molecule has 1 heterocycles. The maximum atomic E-state index is 13.8. The molecule has 0 radical (unpaired) electrons. The summed E-state index contributed by atoms with van der Waals surface area (Å²) in [4.78, 5) is 12.5. The first-order valence-corrected chi connectivity index (χ1v) is 7.27. The highest BCUT2D eigenvalue weighted by Gasteiger charge is 2.21. The molecule has 21 heavy (non-hydrogen) atoms. The number of nitrogens with one attached hydrogen (secondary N) is 1. The number of hydrogen-bond donors (Lipinski definition) is 3. The minimum atomic E-state index is -0.441. The second kappa shape index (κ2) is 6.84. The van der Waals surface area contributed by atoms with Gasteiger partial charge in [0.1, 0.15) is 10.7 Å². The Bertz CT molecular complexity index is 638. The van der Waals surface area contributed by atoms with Gasteiger partial charge >= 0.3 is 0 Å². The van der Waals surface area contributed by atoms with Gasteiger partial charge in [0.15, 0.2) is 0 Å². The lowest BCUT2D eigenvalue weighted by molar-refractivity contribution is 0.0883. The number of nitrogens with two attached hydrogens (primary N) is 1. The van der Waals surface area contributed by atoms with Crippen LogP contribution in [0.15, 0.2) is 18.2 Å². The first-order chi connectivity index (χ1) is 10.1. The molecule has 7 heteroatoms. The lowest BCUT2D eigenvalue weighted by Gasteiger charge is -2.16. The number of hydrogen-bond acceptors (Lipinski definition) is 5. The van der Waals surface area contributed by atoms with E-state index >= 15 is 0 Å². The van der Waals surface area contributed by atoms with Gasteiger partial charge in [-0.1, -0.05) is 6.07 Å². The molecule has 0 fully saturated rings. The van der Waals surface area contributed by atoms with Crippen LogP contribution in [0.5, 0.6) is 0 Å². The predicted molar refractivity (Wildman–Crippen MR) is 81.0 cm³/mol. The molecule has 0 aliphatic carbocycles. The van der Waals surface area contributed by atoms with Crippen molar-refractivity contribution in [2.75, 3.05) is 26.1 Å². The third kappa shape index (κ3) is 3.31. The number of nitrogen functional groups attached to an aromatic ring is 1. The summed E-state index contributed by atoms with van der Waals surface area (Å²) < 4.78 is 19.4. The van der Waals surface area contributed by atoms with Crippen molar-refractivity contribution in [1.29, 1.82) is 0 Å². The van der Waals surface area contributed by atoms with Crippen LogP contribution in [0.3, 0.4) is 0 Å². The zero-order chi connectivity index (χ0) is 15.4. The van der Waals surface area contributed by atoms with Gasteiger partial charge in [-0.2, -0.15) is 0 Å². The molecule has 0 saturated heterocycles. The SMILES string of the molecule is COCC(CCO)NC(=O)c1sc2cccc(F)c2c1N. The summed E-state index contributed by atoms with van der Waals surface area (Å²) in [7, 11) is 1.51. The molecule has 2 rings (SSSR count). The number of thiophene rings is 1. The Kier molecular flexibility index (Phi) is 5.11. The van der Waals surface area contributed by atoms with E-state index in [0.717, 1.165) is 11.3 Å². The predicted octanol–water partition coefficient (Wildman–Crippen LogP) is 1.75. The van der Waals surface area contributed by atoms with Crippen molar-refractivity contribution in [1.82, 2.24) is 5.32 Å². The first kappa shape index (κ1) is 15.7. The topological polar surface area (TPSA) is 84.6 Å². The van der Waals surface area contributed by atoms with Gasteiger partial charge in [-0.3, -0.25) is 4.79 Å². The lowest BCUT2D eigenvalue weighted by atomic mass is 10.2. The van der Waals surface area contributed by atoms with Gasteiger partial charge in [0, 0.05) is 18.4 Å². The summed E-state index contributed by atoms with van der Waals surface area (Å²) in [6, 6.07) is 4.29. The summed E-state index contributed by atoms with van der Waals surface area (Å²) in [5, 5.41) is 12.0. The minimum Gasteiger partial charge on any atom is -0.397 e. The third-order valence-corrected chi connectivity index (χ3v) is 4.26. The van der Waals surface area contributed by atoms with Crippen LogP contribution in [0, 0.1) is 5.82 Å². The molecule has 0 aliphatic rings. The van der Waals surface area contributed by atoms with Crippen LogP contribution < -0.4 is 11.1 Å². The van der Waals surface area contributed by atoms with Crippen LogP contribution in [0.4, 0.5) is 10.1 Å². The number of anilines is 1. The Morgan fingerprint density at radius 2 is 2.33 bits per heavy atom. The summed E-state index contributed by atoms with van der Waals surface area (Å²) in [6.07, 6.45) is 0.374. The van der Waals surface area contributed by atoms with Crippen molar-refractivity contribution in [3.63, 3.8) is 0 Å². The number of carbonyl (C=O) groups is 1. The zero-order valence-corrected chi connectivity index (χ0v) is 12.4. The van der Waals surface area contributed by atoms with E-state index < -0.39 is 5.82 Å². The van der Waals surface area contributed by atoms with E-state index in [9.17, 15) is 9.18 Å². The fourth-order valence-electron chi connectivity index (χ4n) is 2.10. The highest BCUT2D eigenvalue weighted by molar-refractivity contribution is 7.21. The highest BCUT2D eigenvalue weighted by Crippen LogP contribution is 2.35. The van der Waals surface area contributed by atoms with Crippen molar-refractivity contribution in [2.24, 2.45) is 0 Å². The third-order valence-electron chi connectivity index (χ3n) is 3.09. The quantitative estimate of drug-likeness (QED) is 0.758. The normalized spacial score (nSPS) is 12.5. The van der Waals surface area contributed by atoms with E-state index in [4.69, 9.17) is 15.6 Å². The Morgan fingerprint density at radius 1 is 1.57 bits per heavy atom. The van der Waals surface area contributed by atoms with Crippen LogP contribution in [0.25, 0.3) is 10.1 Å². The van der Waals surface area contributed by atoms with Crippen molar-refractivity contribution < 1.29 is 19.0 Å². The molecule has 1 aromatic carbocycles. The van der Waals surface area contributed by atoms with Crippen molar-refractivity contribution >= 4 is 33.0 Å². The summed E-state index contributed by atoms with van der Waals surface area (Å²) in [6.45, 7) is 0.219. The number of benzene rings is 1. The Labute approximate surface area is 125 Å². The fourth-order valence-corrected chi connectivity index (χ4v) is 3.14. The number of carbonyl (C=O) groups excluding carboxylic acids is 1. The molecular weight excluding hydrogens is 295 g/mol. The molecule has 1 unspecified atom stereocenters. The molecule has 1 atom stereocenters. The van der Waals surface area contributed by atoms with Gasteiger partial charge in [-0.05, 0) is 18.6 Å². The molecule has 4 N–H and O–H groups in total. The molecular formula is C14H17FN2O3S. The Balaban J connectivity index is 2.27. The standard InChI is InChI=1S/C14H17FN2O3S/c1-20-7-8(5-6-18)17-14(19)13-12(16)11-9(15)3-2-4-10(11)21-13/h2-4,8,18H,5-7,16H2,1H3,(H,17,19). The average Bonchev–Trinajstić information content (AvgIpc) is 2.78. The van der Waals surface area contributed by atoms with E-state index in [2.05, 4.69) is 5.32 Å². The number of aliphatic hydroxyl groups is 1. The van der Waals surface area contributed by atoms with Crippen molar-refractivity contribution in [3.8, 4) is 0 Å².